The van der Waals surface area contributed by atoms with Crippen molar-refractivity contribution in [3.05, 3.63) is 126 Å². The van der Waals surface area contributed by atoms with E-state index >= 15 is 4.39 Å². The number of halogens is 2. The quantitative estimate of drug-likeness (QED) is 0.0561. The molecule has 0 fully saturated rings. The summed E-state index contributed by atoms with van der Waals surface area (Å²) in [6.07, 6.45) is 4.83. The van der Waals surface area contributed by atoms with Gasteiger partial charge in [0, 0.05) is 73.7 Å². The number of nitrogens with one attached hydrogen (secondary N) is 2. The molecule has 0 saturated heterocycles. The molecule has 354 valence electrons. The number of nitrogens with two attached hydrogens (primary N) is 2. The van der Waals surface area contributed by atoms with Gasteiger partial charge in [-0.1, -0.05) is 51.1 Å². The van der Waals surface area contributed by atoms with Crippen LogP contribution in [0, 0.1) is 17.0 Å². The Morgan fingerprint density at radius 2 is 1.49 bits per heavy atom. The molecule has 20 heteroatoms. The molecule has 5 rings (SSSR count). The van der Waals surface area contributed by atoms with Crippen molar-refractivity contribution in [3.8, 4) is 11.1 Å². The Labute approximate surface area is 385 Å². The lowest BCUT2D eigenvalue weighted by Crippen LogP contribution is -2.60. The maximum Gasteiger partial charge on any atom is 0.254 e. The average molecular weight is 926 g/mol. The van der Waals surface area contributed by atoms with Crippen LogP contribution in [0.3, 0.4) is 0 Å². The zero-order valence-corrected chi connectivity index (χ0v) is 37.2. The molecule has 0 aliphatic carbocycles. The van der Waals surface area contributed by atoms with E-state index in [4.69, 9.17) is 11.5 Å². The number of benzene rings is 2. The van der Waals surface area contributed by atoms with Gasteiger partial charge in [0.25, 0.3) is 11.8 Å². The average Bonchev–Trinajstić information content (AvgIpc) is 3.83. The van der Waals surface area contributed by atoms with E-state index < -0.39 is 121 Å². The predicted molar refractivity (Wildman–Crippen MR) is 238 cm³/mol. The van der Waals surface area contributed by atoms with Crippen LogP contribution in [0.25, 0.3) is 11.1 Å². The molecule has 0 spiro atoms. The summed E-state index contributed by atoms with van der Waals surface area (Å²) in [6.45, 7) is 3.09. The van der Waals surface area contributed by atoms with Crippen molar-refractivity contribution in [3.63, 3.8) is 0 Å². The second-order valence-electron chi connectivity index (χ2n) is 16.9. The number of carbonyl (C=O) groups is 8. The molecule has 0 radical (unpaired) electrons. The molecule has 18 nitrogen and oxygen atoms in total. The van der Waals surface area contributed by atoms with Crippen LogP contribution in [0.15, 0.2) is 97.5 Å². The minimum Gasteiger partial charge on any atom is -0.387 e. The predicted octanol–water partition coefficient (Wildman–Crippen LogP) is 1.50. The van der Waals surface area contributed by atoms with E-state index in [0.717, 1.165) is 40.8 Å². The van der Waals surface area contributed by atoms with Crippen molar-refractivity contribution >= 4 is 47.3 Å². The number of rotatable bonds is 22. The number of amides is 8. The highest BCUT2D eigenvalue weighted by Gasteiger charge is 2.42. The third kappa shape index (κ3) is 13.2. The number of carbonyl (C=O) groups excluding carboxylic acids is 8. The van der Waals surface area contributed by atoms with Gasteiger partial charge in [0.1, 0.15) is 36.9 Å². The topological polar surface area (TPSA) is 260 Å². The van der Waals surface area contributed by atoms with Crippen molar-refractivity contribution < 1.29 is 52.2 Å². The molecule has 4 aromatic rings. The maximum absolute atomic E-state index is 15.4. The Kier molecular flexibility index (Phi) is 16.9. The van der Waals surface area contributed by atoms with Gasteiger partial charge >= 0.3 is 0 Å². The fourth-order valence-corrected chi connectivity index (χ4v) is 7.91. The Bertz CT molecular complexity index is 2490. The monoisotopic (exact) mass is 925 g/mol. The number of aliphatic hydroxyl groups is 1. The number of hydrogen-bond donors (Lipinski definition) is 5. The second-order valence-corrected chi connectivity index (χ2v) is 16.9. The summed E-state index contributed by atoms with van der Waals surface area (Å²) in [5.41, 5.74) is 12.3. The molecule has 0 unspecified atom stereocenters. The van der Waals surface area contributed by atoms with E-state index in [-0.39, 0.29) is 30.8 Å². The van der Waals surface area contributed by atoms with Crippen molar-refractivity contribution in [2.24, 2.45) is 16.9 Å². The molecule has 0 saturated carbocycles. The van der Waals surface area contributed by atoms with Crippen molar-refractivity contribution in [2.45, 2.75) is 64.7 Å². The highest BCUT2D eigenvalue weighted by atomic mass is 19.1. The van der Waals surface area contributed by atoms with Crippen LogP contribution < -0.4 is 22.1 Å². The largest absolute Gasteiger partial charge is 0.387 e. The van der Waals surface area contributed by atoms with Gasteiger partial charge in [-0.25, -0.2) is 8.78 Å². The van der Waals surface area contributed by atoms with Crippen molar-refractivity contribution in [1.82, 2.24) is 34.9 Å². The summed E-state index contributed by atoms with van der Waals surface area (Å²) in [7, 11) is 0. The number of primary amides is 2. The number of pyridine rings is 1. The fourth-order valence-electron chi connectivity index (χ4n) is 7.91. The fraction of sp³-hybridized carbons (Fsp3) is 0.340. The lowest BCUT2D eigenvalue weighted by Gasteiger charge is -2.42. The highest BCUT2D eigenvalue weighted by Crippen LogP contribution is 2.41. The van der Waals surface area contributed by atoms with Crippen LogP contribution in [-0.4, -0.2) is 121 Å². The Balaban J connectivity index is 1.56. The zero-order valence-electron chi connectivity index (χ0n) is 37.2. The van der Waals surface area contributed by atoms with Crippen molar-refractivity contribution in [1.29, 1.82) is 0 Å². The Hall–Kier alpha value is -7.61. The Morgan fingerprint density at radius 3 is 2.10 bits per heavy atom. The van der Waals surface area contributed by atoms with Crippen LogP contribution >= 0.6 is 0 Å². The normalized spacial score (nSPS) is 13.7. The number of aromatic nitrogens is 2. The van der Waals surface area contributed by atoms with E-state index in [9.17, 15) is 47.9 Å². The molecular formula is C47H53F2N9O9. The third-order valence-electron chi connectivity index (χ3n) is 10.9. The molecule has 3 atom stereocenters. The van der Waals surface area contributed by atoms with E-state index in [2.05, 4.69) is 15.6 Å². The van der Waals surface area contributed by atoms with Crippen LogP contribution in [0.2, 0.25) is 0 Å². The van der Waals surface area contributed by atoms with E-state index in [0.29, 0.717) is 16.2 Å². The van der Waals surface area contributed by atoms with Crippen LogP contribution in [0.5, 0.6) is 0 Å². The maximum atomic E-state index is 15.4. The third-order valence-corrected chi connectivity index (χ3v) is 10.9. The van der Waals surface area contributed by atoms with Gasteiger partial charge in [-0.2, -0.15) is 0 Å². The second kappa shape index (κ2) is 22.5. The minimum absolute atomic E-state index is 0.0565. The summed E-state index contributed by atoms with van der Waals surface area (Å²) in [4.78, 5) is 112. The molecule has 67 heavy (non-hydrogen) atoms. The van der Waals surface area contributed by atoms with Crippen LogP contribution in [-0.2, 0) is 51.3 Å². The molecule has 0 bridgehead atoms. The van der Waals surface area contributed by atoms with Gasteiger partial charge in [0.15, 0.2) is 0 Å². The molecule has 1 aliphatic rings. The first kappa shape index (κ1) is 50.4. The molecule has 7 N–H and O–H groups in total. The first-order valence-corrected chi connectivity index (χ1v) is 21.2. The van der Waals surface area contributed by atoms with Gasteiger partial charge < -0.3 is 41.6 Å². The van der Waals surface area contributed by atoms with E-state index in [1.165, 1.54) is 29.4 Å². The molecule has 2 aromatic carbocycles. The van der Waals surface area contributed by atoms with Gasteiger partial charge in [-0.3, -0.25) is 48.2 Å². The van der Waals surface area contributed by atoms with Gasteiger partial charge in [-0.05, 0) is 59.4 Å². The first-order chi connectivity index (χ1) is 31.8. The summed E-state index contributed by atoms with van der Waals surface area (Å²) in [5.74, 6) is -8.28. The van der Waals surface area contributed by atoms with E-state index in [1.807, 2.05) is 51.1 Å². The standard InChI is InChI=1S/C47H53F2N9O9/c1-47(2,3)44(36-22-31(33-23-32(48)9-10-34(33)49)26-55(36)25-30-7-5-4-6-8-30)56(43(65)28-59)20-15-35(46(67)54-19-18-53-39(61)27-57-40(62)11-12-41(57)63)58(37(45(51)66)24-38(50)60)42(64)21-29-13-16-52-17-14-29/h4-14,16-17,22-23,26,35,37,44,59H,15,18-21,24-25,27-28H2,1-3H3,(H2,50,60)(H2,51,66)(H,53,61)(H,54,67)/t35-,37-,44-/m0/s1. The highest BCUT2D eigenvalue weighted by molar-refractivity contribution is 6.14. The molecule has 1 aliphatic heterocycles. The molecule has 3 heterocycles. The van der Waals surface area contributed by atoms with Crippen LogP contribution in [0.1, 0.15) is 56.5 Å². The lowest BCUT2D eigenvalue weighted by atomic mass is 9.82. The van der Waals surface area contributed by atoms with E-state index in [1.54, 1.807) is 16.8 Å². The first-order valence-electron chi connectivity index (χ1n) is 21.2. The van der Waals surface area contributed by atoms with Crippen molar-refractivity contribution in [2.75, 3.05) is 32.8 Å². The number of hydrogen-bond acceptors (Lipinski definition) is 10. The zero-order chi connectivity index (χ0) is 49.0. The Morgan fingerprint density at radius 1 is 0.836 bits per heavy atom. The number of imide groups is 1. The number of nitrogens with zero attached hydrogens (tertiary/aromatic N) is 5. The summed E-state index contributed by atoms with van der Waals surface area (Å²) in [6, 6.07) is 12.4. The molecule has 2 aromatic heterocycles. The van der Waals surface area contributed by atoms with Gasteiger partial charge in [0.05, 0.1) is 18.9 Å². The summed E-state index contributed by atoms with van der Waals surface area (Å²) in [5, 5.41) is 15.6. The lowest BCUT2D eigenvalue weighted by molar-refractivity contribution is -0.149. The molecule has 8 amide bonds. The number of aliphatic hydroxyl groups excluding tert-OH is 1. The van der Waals surface area contributed by atoms with Gasteiger partial charge in [0.2, 0.25) is 35.4 Å². The van der Waals surface area contributed by atoms with Gasteiger partial charge in [-0.15, -0.1) is 0 Å². The van der Waals surface area contributed by atoms with Crippen LogP contribution in [0.4, 0.5) is 8.78 Å². The SMILES string of the molecule is CC(C)(C)[C@H](c1cc(-c2cc(F)ccc2F)cn1Cc1ccccc1)N(CC[C@@H](C(=O)NCCNC(=O)CN1C(=O)C=CC1=O)N(C(=O)Cc1ccncc1)[C@@H](CC(N)=O)C(N)=O)C(=O)CO. The summed E-state index contributed by atoms with van der Waals surface area (Å²) < 4.78 is 31.7. The molecular weight excluding hydrogens is 873 g/mol. The smallest absolute Gasteiger partial charge is 0.254 e. The summed E-state index contributed by atoms with van der Waals surface area (Å²) >= 11 is 0. The minimum atomic E-state index is -1.78.